The van der Waals surface area contributed by atoms with Gasteiger partial charge in [0, 0.05) is 22.9 Å². The molecule has 0 radical (unpaired) electrons. The van der Waals surface area contributed by atoms with Crippen molar-refractivity contribution in [2.75, 3.05) is 11.9 Å². The van der Waals surface area contributed by atoms with E-state index in [1.807, 2.05) is 55.6 Å². The van der Waals surface area contributed by atoms with E-state index in [1.165, 1.54) is 0 Å². The molecule has 2 nitrogen and oxygen atoms in total. The third-order valence-corrected chi connectivity index (χ3v) is 3.26. The summed E-state index contributed by atoms with van der Waals surface area (Å²) in [7, 11) is 2.00. The lowest BCUT2D eigenvalue weighted by Crippen LogP contribution is -2.09. The minimum Gasteiger partial charge on any atom is -0.345 e. The molecule has 17 heavy (non-hydrogen) atoms. The predicted molar refractivity (Wildman–Crippen MR) is 73.4 cm³/mol. The van der Waals surface area contributed by atoms with Crippen LogP contribution in [-0.4, -0.2) is 7.05 Å². The van der Waals surface area contributed by atoms with E-state index in [0.29, 0.717) is 5.56 Å². The Balaban J connectivity index is 2.36. The highest BCUT2D eigenvalue weighted by molar-refractivity contribution is 9.10. The van der Waals surface area contributed by atoms with E-state index in [1.54, 1.807) is 0 Å². The van der Waals surface area contributed by atoms with E-state index in [9.17, 15) is 0 Å². The molecule has 0 aliphatic carbocycles. The Morgan fingerprint density at radius 2 is 1.76 bits per heavy atom. The summed E-state index contributed by atoms with van der Waals surface area (Å²) in [6.45, 7) is 0. The molecule has 0 heterocycles. The Bertz CT molecular complexity index is 558. The van der Waals surface area contributed by atoms with Crippen molar-refractivity contribution in [2.24, 2.45) is 0 Å². The molecule has 0 saturated heterocycles. The number of halogens is 1. The van der Waals surface area contributed by atoms with Gasteiger partial charge in [-0.05, 0) is 46.3 Å². The van der Waals surface area contributed by atoms with Gasteiger partial charge >= 0.3 is 0 Å². The molecule has 84 valence electrons. The molecule has 0 amide bonds. The van der Waals surface area contributed by atoms with Gasteiger partial charge in [0.05, 0.1) is 5.56 Å². The lowest BCUT2D eigenvalue weighted by Gasteiger charge is -2.19. The molecule has 2 aromatic rings. The first-order chi connectivity index (χ1) is 8.22. The standard InChI is InChI=1S/C14H11BrN2/c1-17(12-5-3-2-4-6-12)13-8-7-11(10-16)14(15)9-13/h2-9H,1H3. The second-order valence-corrected chi connectivity index (χ2v) is 4.52. The molecule has 0 atom stereocenters. The molecule has 3 heteroatoms. The van der Waals surface area contributed by atoms with E-state index in [4.69, 9.17) is 5.26 Å². The van der Waals surface area contributed by atoms with E-state index in [-0.39, 0.29) is 0 Å². The average molecular weight is 287 g/mol. The summed E-state index contributed by atoms with van der Waals surface area (Å²) in [5.41, 5.74) is 2.81. The zero-order valence-electron chi connectivity index (χ0n) is 9.39. The number of nitriles is 1. The van der Waals surface area contributed by atoms with E-state index < -0.39 is 0 Å². The zero-order valence-corrected chi connectivity index (χ0v) is 11.0. The highest BCUT2D eigenvalue weighted by Gasteiger charge is 2.06. The van der Waals surface area contributed by atoms with Crippen LogP contribution in [0.25, 0.3) is 0 Å². The van der Waals surface area contributed by atoms with E-state index in [2.05, 4.69) is 26.9 Å². The molecule has 0 spiro atoms. The first-order valence-corrected chi connectivity index (χ1v) is 6.00. The average Bonchev–Trinajstić information content (AvgIpc) is 2.39. The normalized spacial score (nSPS) is 9.71. The summed E-state index contributed by atoms with van der Waals surface area (Å²) < 4.78 is 0.820. The molecule has 0 aliphatic heterocycles. The molecule has 0 aromatic heterocycles. The molecular weight excluding hydrogens is 276 g/mol. The van der Waals surface area contributed by atoms with Crippen LogP contribution in [0.5, 0.6) is 0 Å². The Morgan fingerprint density at radius 1 is 1.06 bits per heavy atom. The zero-order chi connectivity index (χ0) is 12.3. The van der Waals surface area contributed by atoms with Gasteiger partial charge in [0.25, 0.3) is 0 Å². The molecule has 0 saturated carbocycles. The van der Waals surface area contributed by atoms with E-state index >= 15 is 0 Å². The van der Waals surface area contributed by atoms with Crippen molar-refractivity contribution in [3.8, 4) is 6.07 Å². The SMILES string of the molecule is CN(c1ccccc1)c1ccc(C#N)c(Br)c1. The quantitative estimate of drug-likeness (QED) is 0.831. The lowest BCUT2D eigenvalue weighted by atomic mass is 10.2. The van der Waals surface area contributed by atoms with Gasteiger partial charge in [-0.1, -0.05) is 18.2 Å². The van der Waals surface area contributed by atoms with Crippen molar-refractivity contribution in [2.45, 2.75) is 0 Å². The largest absolute Gasteiger partial charge is 0.345 e. The van der Waals surface area contributed by atoms with Crippen LogP contribution in [-0.2, 0) is 0 Å². The number of nitrogens with zero attached hydrogens (tertiary/aromatic N) is 2. The van der Waals surface area contributed by atoms with Crippen molar-refractivity contribution in [1.82, 2.24) is 0 Å². The third-order valence-electron chi connectivity index (χ3n) is 2.60. The number of para-hydroxylation sites is 1. The third kappa shape index (κ3) is 2.48. The molecular formula is C14H11BrN2. The van der Waals surface area contributed by atoms with Crippen molar-refractivity contribution >= 4 is 27.3 Å². The van der Waals surface area contributed by atoms with Gasteiger partial charge in [0.15, 0.2) is 0 Å². The second kappa shape index (κ2) is 5.03. The highest BCUT2D eigenvalue weighted by atomic mass is 79.9. The fourth-order valence-corrected chi connectivity index (χ4v) is 2.06. The van der Waals surface area contributed by atoms with Crippen LogP contribution in [0.4, 0.5) is 11.4 Å². The molecule has 2 aromatic carbocycles. The molecule has 0 N–H and O–H groups in total. The van der Waals surface area contributed by atoms with Crippen LogP contribution in [0, 0.1) is 11.3 Å². The minimum absolute atomic E-state index is 0.648. The molecule has 0 bridgehead atoms. The van der Waals surface area contributed by atoms with Gasteiger partial charge in [-0.15, -0.1) is 0 Å². The van der Waals surface area contributed by atoms with Gasteiger partial charge in [-0.25, -0.2) is 0 Å². The summed E-state index contributed by atoms with van der Waals surface area (Å²) in [5, 5.41) is 8.87. The van der Waals surface area contributed by atoms with Crippen LogP contribution in [0.15, 0.2) is 53.0 Å². The molecule has 2 rings (SSSR count). The van der Waals surface area contributed by atoms with Gasteiger partial charge in [-0.3, -0.25) is 0 Å². The van der Waals surface area contributed by atoms with Gasteiger partial charge in [0.1, 0.15) is 6.07 Å². The monoisotopic (exact) mass is 286 g/mol. The van der Waals surface area contributed by atoms with Crippen LogP contribution >= 0.6 is 15.9 Å². The van der Waals surface area contributed by atoms with Crippen molar-refractivity contribution < 1.29 is 0 Å². The maximum atomic E-state index is 8.87. The highest BCUT2D eigenvalue weighted by Crippen LogP contribution is 2.27. The fraction of sp³-hybridized carbons (Fsp3) is 0.0714. The second-order valence-electron chi connectivity index (χ2n) is 3.67. The van der Waals surface area contributed by atoms with Crippen molar-refractivity contribution in [1.29, 1.82) is 5.26 Å². The lowest BCUT2D eigenvalue weighted by molar-refractivity contribution is 1.20. The smallest absolute Gasteiger partial charge is 0.100 e. The van der Waals surface area contributed by atoms with Gasteiger partial charge < -0.3 is 4.90 Å². The number of hydrogen-bond donors (Lipinski definition) is 0. The van der Waals surface area contributed by atoms with Crippen LogP contribution in [0.1, 0.15) is 5.56 Å². The van der Waals surface area contributed by atoms with Crippen LogP contribution in [0.3, 0.4) is 0 Å². The van der Waals surface area contributed by atoms with Crippen LogP contribution < -0.4 is 4.90 Å². The number of benzene rings is 2. The van der Waals surface area contributed by atoms with Gasteiger partial charge in [-0.2, -0.15) is 5.26 Å². The number of anilines is 2. The van der Waals surface area contributed by atoms with E-state index in [0.717, 1.165) is 15.8 Å². The molecule has 0 aliphatic rings. The van der Waals surface area contributed by atoms with Crippen LogP contribution in [0.2, 0.25) is 0 Å². The Morgan fingerprint density at radius 3 is 2.35 bits per heavy atom. The summed E-state index contributed by atoms with van der Waals surface area (Å²) in [6, 6.07) is 17.9. The minimum atomic E-state index is 0.648. The first-order valence-electron chi connectivity index (χ1n) is 5.21. The summed E-state index contributed by atoms with van der Waals surface area (Å²) in [4.78, 5) is 2.08. The number of rotatable bonds is 2. The first kappa shape index (κ1) is 11.7. The molecule has 0 fully saturated rings. The Labute approximate surface area is 109 Å². The summed E-state index contributed by atoms with van der Waals surface area (Å²) in [6.07, 6.45) is 0. The van der Waals surface area contributed by atoms with Gasteiger partial charge in [0.2, 0.25) is 0 Å². The Hall–Kier alpha value is -1.79. The predicted octanol–water partition coefficient (Wildman–Crippen LogP) is 4.09. The fourth-order valence-electron chi connectivity index (χ4n) is 1.60. The molecule has 0 unspecified atom stereocenters. The number of hydrogen-bond acceptors (Lipinski definition) is 2. The maximum absolute atomic E-state index is 8.87. The van der Waals surface area contributed by atoms with Crippen molar-refractivity contribution in [3.05, 3.63) is 58.6 Å². The summed E-state index contributed by atoms with van der Waals surface area (Å²) >= 11 is 3.40. The summed E-state index contributed by atoms with van der Waals surface area (Å²) in [5.74, 6) is 0. The van der Waals surface area contributed by atoms with Crippen molar-refractivity contribution in [3.63, 3.8) is 0 Å². The Kier molecular flexibility index (Phi) is 3.46. The maximum Gasteiger partial charge on any atom is 0.100 e. The topological polar surface area (TPSA) is 27.0 Å².